The normalized spacial score (nSPS) is 12.8. The van der Waals surface area contributed by atoms with Crippen molar-refractivity contribution < 1.29 is 0 Å². The van der Waals surface area contributed by atoms with Gasteiger partial charge in [-0.15, -0.1) is 0 Å². The molecule has 0 aliphatic carbocycles. The maximum absolute atomic E-state index is 6.19. The first-order valence-corrected chi connectivity index (χ1v) is 8.89. The summed E-state index contributed by atoms with van der Waals surface area (Å²) < 4.78 is 1.92. The van der Waals surface area contributed by atoms with Crippen LogP contribution < -0.4 is 10.2 Å². The summed E-state index contributed by atoms with van der Waals surface area (Å²) in [7, 11) is 4.07. The summed E-state index contributed by atoms with van der Waals surface area (Å²) >= 11 is 12.2. The molecular weight excluding hydrogens is 355 g/mol. The number of rotatable bonds is 3. The van der Waals surface area contributed by atoms with E-state index in [0.717, 1.165) is 35.7 Å². The van der Waals surface area contributed by atoms with Crippen LogP contribution in [-0.4, -0.2) is 30.4 Å². The van der Waals surface area contributed by atoms with Gasteiger partial charge in [0, 0.05) is 37.5 Å². The first kappa shape index (κ1) is 16.3. The van der Waals surface area contributed by atoms with Crippen molar-refractivity contribution in [1.82, 2.24) is 9.78 Å². The molecular formula is C19H18Cl2N4. The van der Waals surface area contributed by atoms with Gasteiger partial charge in [0.15, 0.2) is 0 Å². The van der Waals surface area contributed by atoms with Crippen molar-refractivity contribution in [2.75, 3.05) is 30.9 Å². The van der Waals surface area contributed by atoms with E-state index in [1.807, 2.05) is 30.9 Å². The Morgan fingerprint density at radius 1 is 1.04 bits per heavy atom. The fourth-order valence-electron chi connectivity index (χ4n) is 3.13. The lowest BCUT2D eigenvalue weighted by Crippen LogP contribution is -2.08. The number of aromatic nitrogens is 2. The molecule has 0 radical (unpaired) electrons. The van der Waals surface area contributed by atoms with Crippen LogP contribution in [0.2, 0.25) is 10.0 Å². The zero-order valence-electron chi connectivity index (χ0n) is 14.1. The Hall–Kier alpha value is -2.17. The van der Waals surface area contributed by atoms with E-state index in [9.17, 15) is 0 Å². The predicted octanol–water partition coefficient (Wildman–Crippen LogP) is 4.88. The number of nitrogens with zero attached hydrogens (tertiary/aromatic N) is 3. The van der Waals surface area contributed by atoms with Crippen LogP contribution in [0, 0.1) is 0 Å². The van der Waals surface area contributed by atoms with Crippen LogP contribution in [0.25, 0.3) is 16.9 Å². The van der Waals surface area contributed by atoms with Gasteiger partial charge in [0.2, 0.25) is 0 Å². The molecule has 0 saturated heterocycles. The minimum atomic E-state index is 0.526. The van der Waals surface area contributed by atoms with Crippen LogP contribution >= 0.6 is 23.2 Å². The van der Waals surface area contributed by atoms with Crippen LogP contribution in [0.15, 0.2) is 42.5 Å². The van der Waals surface area contributed by atoms with Gasteiger partial charge < -0.3 is 10.2 Å². The highest BCUT2D eigenvalue weighted by atomic mass is 35.5. The van der Waals surface area contributed by atoms with Crippen molar-refractivity contribution in [3.05, 3.63) is 58.1 Å². The van der Waals surface area contributed by atoms with Gasteiger partial charge in [-0.25, -0.2) is 4.68 Å². The molecule has 0 spiro atoms. The molecule has 0 saturated carbocycles. The Balaban J connectivity index is 1.81. The van der Waals surface area contributed by atoms with Crippen molar-refractivity contribution in [3.63, 3.8) is 0 Å². The molecule has 128 valence electrons. The second kappa shape index (κ2) is 6.28. The third kappa shape index (κ3) is 2.86. The first-order valence-electron chi connectivity index (χ1n) is 8.13. The van der Waals surface area contributed by atoms with Crippen molar-refractivity contribution in [2.24, 2.45) is 0 Å². The predicted molar refractivity (Wildman–Crippen MR) is 106 cm³/mol. The van der Waals surface area contributed by atoms with Crippen LogP contribution in [0.1, 0.15) is 5.56 Å². The second-order valence-electron chi connectivity index (χ2n) is 6.30. The van der Waals surface area contributed by atoms with Gasteiger partial charge in [-0.1, -0.05) is 35.3 Å². The highest BCUT2D eigenvalue weighted by Crippen LogP contribution is 2.36. The number of halogens is 2. The third-order valence-electron chi connectivity index (χ3n) is 4.46. The first-order chi connectivity index (χ1) is 12.0. The molecule has 1 aromatic heterocycles. The standard InChI is InChI=1S/C19H18Cl2N4/c1-24(2)13-5-3-12(4-6-13)18-15-9-10-22-19(15)25(23-18)14-7-8-16(20)17(21)11-14/h3-8,11,22H,9-10H2,1-2H3. The second-order valence-corrected chi connectivity index (χ2v) is 7.12. The number of hydrogen-bond donors (Lipinski definition) is 1. The van der Waals surface area contributed by atoms with E-state index in [-0.39, 0.29) is 0 Å². The maximum atomic E-state index is 6.19. The molecule has 0 amide bonds. The molecule has 25 heavy (non-hydrogen) atoms. The number of fused-ring (bicyclic) bond motifs is 1. The van der Waals surface area contributed by atoms with Crippen molar-refractivity contribution in [3.8, 4) is 16.9 Å². The monoisotopic (exact) mass is 372 g/mol. The van der Waals surface area contributed by atoms with E-state index in [0.29, 0.717) is 10.0 Å². The molecule has 4 rings (SSSR count). The summed E-state index contributed by atoms with van der Waals surface area (Å²) in [5.41, 5.74) is 5.43. The third-order valence-corrected chi connectivity index (χ3v) is 5.19. The van der Waals surface area contributed by atoms with Gasteiger partial charge in [-0.2, -0.15) is 5.10 Å². The lowest BCUT2D eigenvalue weighted by Gasteiger charge is -2.12. The summed E-state index contributed by atoms with van der Waals surface area (Å²) in [6.07, 6.45) is 0.960. The summed E-state index contributed by atoms with van der Waals surface area (Å²) in [5.74, 6) is 1.03. The molecule has 0 fully saturated rings. The van der Waals surface area contributed by atoms with Gasteiger partial charge in [0.05, 0.1) is 21.4 Å². The average Bonchev–Trinajstić information content (AvgIpc) is 3.20. The topological polar surface area (TPSA) is 33.1 Å². The number of anilines is 2. The summed E-state index contributed by atoms with van der Waals surface area (Å²) in [6, 6.07) is 14.0. The van der Waals surface area contributed by atoms with Crippen LogP contribution in [0.4, 0.5) is 11.5 Å². The highest BCUT2D eigenvalue weighted by molar-refractivity contribution is 6.42. The van der Waals surface area contributed by atoms with E-state index in [1.165, 1.54) is 11.3 Å². The molecule has 0 unspecified atom stereocenters. The smallest absolute Gasteiger partial charge is 0.133 e. The SMILES string of the molecule is CN(C)c1ccc(-c2nn(-c3ccc(Cl)c(Cl)c3)c3c2CCN3)cc1. The zero-order valence-corrected chi connectivity index (χ0v) is 15.6. The largest absolute Gasteiger partial charge is 0.378 e. The fourth-order valence-corrected chi connectivity index (χ4v) is 3.42. The van der Waals surface area contributed by atoms with Crippen LogP contribution in [-0.2, 0) is 6.42 Å². The van der Waals surface area contributed by atoms with Gasteiger partial charge in [-0.05, 0) is 36.8 Å². The van der Waals surface area contributed by atoms with E-state index in [4.69, 9.17) is 28.3 Å². The summed E-state index contributed by atoms with van der Waals surface area (Å²) in [5, 5.41) is 9.36. The fraction of sp³-hybridized carbons (Fsp3) is 0.211. The highest BCUT2D eigenvalue weighted by Gasteiger charge is 2.24. The zero-order chi connectivity index (χ0) is 17.6. The molecule has 1 aliphatic heterocycles. The molecule has 0 atom stereocenters. The Labute approximate surface area is 157 Å². The van der Waals surface area contributed by atoms with Crippen LogP contribution in [0.5, 0.6) is 0 Å². The van der Waals surface area contributed by atoms with E-state index < -0.39 is 0 Å². The average molecular weight is 373 g/mol. The number of hydrogen-bond acceptors (Lipinski definition) is 3. The van der Waals surface area contributed by atoms with Gasteiger partial charge >= 0.3 is 0 Å². The van der Waals surface area contributed by atoms with E-state index in [1.54, 1.807) is 6.07 Å². The Kier molecular flexibility index (Phi) is 4.10. The molecule has 1 aliphatic rings. The number of benzene rings is 2. The van der Waals surface area contributed by atoms with Gasteiger partial charge in [0.1, 0.15) is 5.82 Å². The molecule has 2 aromatic carbocycles. The molecule has 3 aromatic rings. The van der Waals surface area contributed by atoms with Gasteiger partial charge in [-0.3, -0.25) is 0 Å². The quantitative estimate of drug-likeness (QED) is 0.710. The molecule has 2 heterocycles. The molecule has 1 N–H and O–H groups in total. The summed E-state index contributed by atoms with van der Waals surface area (Å²) in [4.78, 5) is 2.09. The van der Waals surface area contributed by atoms with Gasteiger partial charge in [0.25, 0.3) is 0 Å². The lowest BCUT2D eigenvalue weighted by molar-refractivity contribution is 0.882. The lowest BCUT2D eigenvalue weighted by atomic mass is 10.1. The van der Waals surface area contributed by atoms with E-state index in [2.05, 4.69) is 34.5 Å². The Bertz CT molecular complexity index is 929. The minimum absolute atomic E-state index is 0.526. The van der Waals surface area contributed by atoms with Crippen molar-refractivity contribution in [2.45, 2.75) is 6.42 Å². The molecule has 6 heteroatoms. The van der Waals surface area contributed by atoms with E-state index >= 15 is 0 Å². The molecule has 0 bridgehead atoms. The molecule has 4 nitrogen and oxygen atoms in total. The summed E-state index contributed by atoms with van der Waals surface area (Å²) in [6.45, 7) is 0.914. The van der Waals surface area contributed by atoms with Crippen molar-refractivity contribution >= 4 is 34.7 Å². The Morgan fingerprint density at radius 2 is 1.80 bits per heavy atom. The maximum Gasteiger partial charge on any atom is 0.133 e. The minimum Gasteiger partial charge on any atom is -0.378 e. The van der Waals surface area contributed by atoms with Crippen molar-refractivity contribution in [1.29, 1.82) is 0 Å². The van der Waals surface area contributed by atoms with Crippen LogP contribution in [0.3, 0.4) is 0 Å². The Morgan fingerprint density at radius 3 is 2.48 bits per heavy atom. The number of nitrogens with one attached hydrogen (secondary N) is 1.